The van der Waals surface area contributed by atoms with Crippen LogP contribution in [0.2, 0.25) is 0 Å². The molecule has 0 bridgehead atoms. The molecule has 1 heterocycles. The first-order chi connectivity index (χ1) is 4.88. The van der Waals surface area contributed by atoms with Crippen molar-refractivity contribution in [3.63, 3.8) is 0 Å². The molecule has 58 valence electrons. The van der Waals surface area contributed by atoms with E-state index in [1.165, 1.54) is 0 Å². The Bertz CT molecular complexity index is 136. The summed E-state index contributed by atoms with van der Waals surface area (Å²) in [6.45, 7) is 1.14. The zero-order valence-electron chi connectivity index (χ0n) is 5.67. The van der Waals surface area contributed by atoms with Crippen LogP contribution in [0.5, 0.6) is 0 Å². The highest BCUT2D eigenvalue weighted by atomic mass is 16.3. The molecule has 0 unspecified atom stereocenters. The summed E-state index contributed by atoms with van der Waals surface area (Å²) >= 11 is 0. The SMILES string of the molecule is NCC1=CNNN1CCO. The smallest absolute Gasteiger partial charge is 0.0623 e. The van der Waals surface area contributed by atoms with Gasteiger partial charge in [-0.2, -0.15) is 0 Å². The number of aliphatic hydroxyl groups is 1. The Balaban J connectivity index is 2.38. The molecule has 0 spiro atoms. The van der Waals surface area contributed by atoms with Gasteiger partial charge in [-0.3, -0.25) is 5.01 Å². The molecule has 0 saturated heterocycles. The van der Waals surface area contributed by atoms with Gasteiger partial charge in [-0.05, 0) is 0 Å². The zero-order chi connectivity index (χ0) is 7.40. The van der Waals surface area contributed by atoms with Crippen LogP contribution in [0.3, 0.4) is 0 Å². The lowest BCUT2D eigenvalue weighted by atomic mass is 10.4. The van der Waals surface area contributed by atoms with E-state index in [0.29, 0.717) is 13.1 Å². The van der Waals surface area contributed by atoms with Crippen LogP contribution < -0.4 is 16.7 Å². The van der Waals surface area contributed by atoms with Crippen LogP contribution in [0.1, 0.15) is 0 Å². The van der Waals surface area contributed by atoms with Crippen LogP contribution in [0, 0.1) is 0 Å². The first-order valence-corrected chi connectivity index (χ1v) is 3.17. The van der Waals surface area contributed by atoms with E-state index in [9.17, 15) is 0 Å². The molecule has 0 aromatic heterocycles. The third-order valence-electron chi connectivity index (χ3n) is 1.32. The predicted octanol–water partition coefficient (Wildman–Crippen LogP) is -1.90. The quantitative estimate of drug-likeness (QED) is 0.372. The van der Waals surface area contributed by atoms with Crippen molar-refractivity contribution < 1.29 is 5.11 Å². The summed E-state index contributed by atoms with van der Waals surface area (Å²) < 4.78 is 0. The Morgan fingerprint density at radius 1 is 1.70 bits per heavy atom. The lowest BCUT2D eigenvalue weighted by Gasteiger charge is -2.18. The number of rotatable bonds is 3. The van der Waals surface area contributed by atoms with Crippen molar-refractivity contribution in [2.45, 2.75) is 0 Å². The first kappa shape index (κ1) is 7.33. The van der Waals surface area contributed by atoms with Crippen molar-refractivity contribution in [2.24, 2.45) is 5.73 Å². The van der Waals surface area contributed by atoms with Gasteiger partial charge in [0, 0.05) is 12.7 Å². The van der Waals surface area contributed by atoms with E-state index in [0.717, 1.165) is 5.70 Å². The average Bonchev–Trinajstić information content (AvgIpc) is 2.36. The van der Waals surface area contributed by atoms with Gasteiger partial charge in [0.1, 0.15) is 0 Å². The minimum Gasteiger partial charge on any atom is -0.394 e. The molecule has 0 fully saturated rings. The standard InChI is InChI=1S/C5H12N4O/c6-3-5-4-7-8-9(5)1-2-10/h4,7-8,10H,1-3,6H2. The highest BCUT2D eigenvalue weighted by Crippen LogP contribution is 1.99. The van der Waals surface area contributed by atoms with Crippen molar-refractivity contribution in [1.29, 1.82) is 0 Å². The van der Waals surface area contributed by atoms with Crippen LogP contribution in [0.4, 0.5) is 0 Å². The second-order valence-electron chi connectivity index (χ2n) is 1.97. The number of nitrogens with one attached hydrogen (secondary N) is 2. The number of nitrogens with zero attached hydrogens (tertiary/aromatic N) is 1. The molecule has 5 nitrogen and oxygen atoms in total. The van der Waals surface area contributed by atoms with E-state index < -0.39 is 0 Å². The van der Waals surface area contributed by atoms with Gasteiger partial charge in [-0.25, -0.2) is 0 Å². The molecule has 1 aliphatic heterocycles. The van der Waals surface area contributed by atoms with Gasteiger partial charge in [0.25, 0.3) is 0 Å². The summed E-state index contributed by atoms with van der Waals surface area (Å²) in [6, 6.07) is 0. The summed E-state index contributed by atoms with van der Waals surface area (Å²) in [5.41, 5.74) is 11.9. The van der Waals surface area contributed by atoms with Crippen LogP contribution in [-0.2, 0) is 0 Å². The topological polar surface area (TPSA) is 73.5 Å². The largest absolute Gasteiger partial charge is 0.394 e. The molecule has 0 aromatic carbocycles. The van der Waals surface area contributed by atoms with Crippen molar-refractivity contribution in [1.82, 2.24) is 16.0 Å². The van der Waals surface area contributed by atoms with Crippen molar-refractivity contribution in [3.05, 3.63) is 11.9 Å². The second-order valence-corrected chi connectivity index (χ2v) is 1.97. The fourth-order valence-corrected chi connectivity index (χ4v) is 0.812. The van der Waals surface area contributed by atoms with Crippen molar-refractivity contribution in [2.75, 3.05) is 19.7 Å². The lowest BCUT2D eigenvalue weighted by Crippen LogP contribution is -2.40. The minimum atomic E-state index is 0.117. The Morgan fingerprint density at radius 2 is 2.50 bits per heavy atom. The van der Waals surface area contributed by atoms with Gasteiger partial charge in [0.05, 0.1) is 18.8 Å². The van der Waals surface area contributed by atoms with Gasteiger partial charge in [-0.15, -0.1) is 5.53 Å². The first-order valence-electron chi connectivity index (χ1n) is 3.17. The number of hydrazine groups is 2. The second kappa shape index (κ2) is 3.40. The molecule has 0 saturated carbocycles. The molecule has 0 aromatic rings. The van der Waals surface area contributed by atoms with Crippen LogP contribution >= 0.6 is 0 Å². The minimum absolute atomic E-state index is 0.117. The van der Waals surface area contributed by atoms with E-state index in [1.54, 1.807) is 11.2 Å². The maximum Gasteiger partial charge on any atom is 0.0623 e. The summed E-state index contributed by atoms with van der Waals surface area (Å²) in [7, 11) is 0. The molecular formula is C5H12N4O. The normalized spacial score (nSPS) is 17.0. The van der Waals surface area contributed by atoms with Crippen molar-refractivity contribution >= 4 is 0 Å². The molecule has 1 aliphatic rings. The summed E-state index contributed by atoms with van der Waals surface area (Å²) in [4.78, 5) is 0. The van der Waals surface area contributed by atoms with Gasteiger partial charge in [0.15, 0.2) is 0 Å². The lowest BCUT2D eigenvalue weighted by molar-refractivity contribution is 0.183. The number of aliphatic hydroxyl groups excluding tert-OH is 1. The summed E-state index contributed by atoms with van der Waals surface area (Å²) in [6.07, 6.45) is 1.77. The van der Waals surface area contributed by atoms with Gasteiger partial charge >= 0.3 is 0 Å². The van der Waals surface area contributed by atoms with E-state index in [1.807, 2.05) is 0 Å². The predicted molar refractivity (Wildman–Crippen MR) is 37.2 cm³/mol. The number of hydrogen-bond donors (Lipinski definition) is 4. The molecule has 5 N–H and O–H groups in total. The molecule has 0 amide bonds. The monoisotopic (exact) mass is 144 g/mol. The molecule has 5 heteroatoms. The Morgan fingerprint density at radius 3 is 3.10 bits per heavy atom. The van der Waals surface area contributed by atoms with Crippen molar-refractivity contribution in [3.8, 4) is 0 Å². The van der Waals surface area contributed by atoms with Crippen LogP contribution in [0.25, 0.3) is 0 Å². The molecule has 10 heavy (non-hydrogen) atoms. The summed E-state index contributed by atoms with van der Waals surface area (Å²) in [5, 5.41) is 10.3. The van der Waals surface area contributed by atoms with E-state index >= 15 is 0 Å². The Kier molecular flexibility index (Phi) is 2.49. The maximum absolute atomic E-state index is 8.56. The van der Waals surface area contributed by atoms with Gasteiger partial charge < -0.3 is 16.3 Å². The molecule has 0 atom stereocenters. The Hall–Kier alpha value is -0.780. The third kappa shape index (κ3) is 1.38. The van der Waals surface area contributed by atoms with Crippen LogP contribution in [-0.4, -0.2) is 29.8 Å². The highest BCUT2D eigenvalue weighted by molar-refractivity contribution is 5.03. The fraction of sp³-hybridized carbons (Fsp3) is 0.600. The molecule has 0 radical (unpaired) electrons. The molecule has 1 rings (SSSR count). The van der Waals surface area contributed by atoms with E-state index in [-0.39, 0.29) is 6.61 Å². The van der Waals surface area contributed by atoms with Gasteiger partial charge in [0.2, 0.25) is 0 Å². The highest BCUT2D eigenvalue weighted by Gasteiger charge is 2.10. The molecular weight excluding hydrogens is 132 g/mol. The number of nitrogens with two attached hydrogens (primary N) is 1. The van der Waals surface area contributed by atoms with Gasteiger partial charge in [-0.1, -0.05) is 0 Å². The zero-order valence-corrected chi connectivity index (χ0v) is 5.67. The third-order valence-corrected chi connectivity index (χ3v) is 1.32. The number of β-amino-alcohol motifs (C(OH)–C–C–N with tert-alkyl or cyclic N) is 1. The van der Waals surface area contributed by atoms with E-state index in [2.05, 4.69) is 11.0 Å². The molecule has 0 aliphatic carbocycles. The number of hydrogen-bond acceptors (Lipinski definition) is 5. The Labute approximate surface area is 59.4 Å². The maximum atomic E-state index is 8.56. The average molecular weight is 144 g/mol. The van der Waals surface area contributed by atoms with Crippen LogP contribution in [0.15, 0.2) is 11.9 Å². The fourth-order valence-electron chi connectivity index (χ4n) is 0.812. The van der Waals surface area contributed by atoms with E-state index in [4.69, 9.17) is 10.8 Å². The summed E-state index contributed by atoms with van der Waals surface area (Å²) in [5.74, 6) is 0.